The molecule has 0 unspecified atom stereocenters. The van der Waals surface area contributed by atoms with E-state index >= 15 is 0 Å². The summed E-state index contributed by atoms with van der Waals surface area (Å²) in [6, 6.07) is 13.3. The second-order valence-corrected chi connectivity index (χ2v) is 7.39. The molecule has 0 atom stereocenters. The van der Waals surface area contributed by atoms with Crippen LogP contribution >= 0.6 is 11.3 Å². The number of thiazole rings is 1. The Morgan fingerprint density at radius 1 is 1.14 bits per heavy atom. The Bertz CT molecular complexity index is 1160. The van der Waals surface area contributed by atoms with Gasteiger partial charge in [-0.15, -0.1) is 11.3 Å². The number of hydrogen-bond acceptors (Lipinski definition) is 5. The van der Waals surface area contributed by atoms with Gasteiger partial charge in [-0.25, -0.2) is 4.98 Å². The van der Waals surface area contributed by atoms with Crippen molar-refractivity contribution in [2.24, 2.45) is 0 Å². The Morgan fingerprint density at radius 3 is 2.79 bits per heavy atom. The van der Waals surface area contributed by atoms with Crippen LogP contribution in [0.2, 0.25) is 0 Å². The number of nitrogens with zero attached hydrogens (tertiary/aromatic N) is 1. The third-order valence-corrected chi connectivity index (χ3v) is 5.30. The highest BCUT2D eigenvalue weighted by Gasteiger charge is 2.14. The topological polar surface area (TPSA) is 64.4 Å². The van der Waals surface area contributed by atoms with Gasteiger partial charge in [-0.05, 0) is 68.3 Å². The molecule has 0 spiro atoms. The number of benzene rings is 2. The lowest BCUT2D eigenvalue weighted by Gasteiger charge is -2.04. The maximum Gasteiger partial charge on any atom is 0.257 e. The molecule has 4 aromatic rings. The molecule has 0 radical (unpaired) electrons. The van der Waals surface area contributed by atoms with Gasteiger partial charge in [0.05, 0.1) is 6.61 Å². The minimum absolute atomic E-state index is 0.171. The number of hydrogen-bond donors (Lipinski definition) is 1. The molecule has 2 aromatic heterocycles. The number of fused-ring (bicyclic) bond motifs is 1. The second-order valence-electron chi connectivity index (χ2n) is 6.53. The van der Waals surface area contributed by atoms with Crippen LogP contribution in [0.25, 0.3) is 22.4 Å². The van der Waals surface area contributed by atoms with Gasteiger partial charge in [0.15, 0.2) is 10.9 Å². The zero-order valence-electron chi connectivity index (χ0n) is 15.9. The number of aryl methyl sites for hydroxylation is 2. The fourth-order valence-corrected chi connectivity index (χ4v) is 3.60. The predicted octanol–water partition coefficient (Wildman–Crippen LogP) is 5.82. The largest absolute Gasteiger partial charge is 0.494 e. The van der Waals surface area contributed by atoms with Crippen molar-refractivity contribution in [3.05, 3.63) is 64.5 Å². The van der Waals surface area contributed by atoms with Crippen molar-refractivity contribution in [1.29, 1.82) is 0 Å². The first-order valence-electron chi connectivity index (χ1n) is 9.04. The highest BCUT2D eigenvalue weighted by molar-refractivity contribution is 7.14. The number of aromatic nitrogens is 1. The fourth-order valence-electron chi connectivity index (χ4n) is 2.90. The SMILES string of the molecule is CCOc1ccc2oc(-c3csc(NC(=O)c4ccc(C)c(C)c4)n3)cc2c1. The smallest absolute Gasteiger partial charge is 0.257 e. The Balaban J connectivity index is 1.54. The molecule has 0 bridgehead atoms. The first-order chi connectivity index (χ1) is 13.5. The fraction of sp³-hybridized carbons (Fsp3) is 0.182. The summed E-state index contributed by atoms with van der Waals surface area (Å²) >= 11 is 1.37. The third-order valence-electron chi connectivity index (χ3n) is 4.54. The van der Waals surface area contributed by atoms with Gasteiger partial charge in [-0.3, -0.25) is 10.1 Å². The average Bonchev–Trinajstić information content (AvgIpc) is 3.30. The number of anilines is 1. The Hall–Kier alpha value is -3.12. The molecule has 0 saturated carbocycles. The average molecular weight is 392 g/mol. The van der Waals surface area contributed by atoms with Gasteiger partial charge >= 0.3 is 0 Å². The first-order valence-corrected chi connectivity index (χ1v) is 9.92. The number of amides is 1. The van der Waals surface area contributed by atoms with E-state index in [0.717, 1.165) is 27.8 Å². The van der Waals surface area contributed by atoms with Crippen LogP contribution in [0.4, 0.5) is 5.13 Å². The highest BCUT2D eigenvalue weighted by Crippen LogP contribution is 2.32. The standard InChI is InChI=1S/C22H20N2O3S/c1-4-26-17-7-8-19-16(10-17)11-20(27-19)18-12-28-22(23-18)24-21(25)15-6-5-13(2)14(3)9-15/h5-12H,4H2,1-3H3,(H,23,24,25). The molecule has 6 heteroatoms. The maximum atomic E-state index is 12.5. The normalized spacial score (nSPS) is 11.0. The molecular formula is C22H20N2O3S. The molecule has 2 heterocycles. The Morgan fingerprint density at radius 2 is 2.00 bits per heavy atom. The molecule has 28 heavy (non-hydrogen) atoms. The van der Waals surface area contributed by atoms with E-state index in [1.165, 1.54) is 11.3 Å². The van der Waals surface area contributed by atoms with Crippen molar-refractivity contribution >= 4 is 33.3 Å². The molecule has 5 nitrogen and oxygen atoms in total. The molecule has 2 aromatic carbocycles. The van der Waals surface area contributed by atoms with Gasteiger partial charge in [0.1, 0.15) is 17.0 Å². The highest BCUT2D eigenvalue weighted by atomic mass is 32.1. The van der Waals surface area contributed by atoms with E-state index in [1.807, 2.05) is 68.6 Å². The van der Waals surface area contributed by atoms with Gasteiger partial charge in [-0.2, -0.15) is 0 Å². The molecule has 1 N–H and O–H groups in total. The number of carbonyl (C=O) groups excluding carboxylic acids is 1. The molecule has 0 aliphatic carbocycles. The summed E-state index contributed by atoms with van der Waals surface area (Å²) in [6.45, 7) is 6.58. The zero-order valence-corrected chi connectivity index (χ0v) is 16.7. The summed E-state index contributed by atoms with van der Waals surface area (Å²) in [5.74, 6) is 1.29. The van der Waals surface area contributed by atoms with E-state index in [9.17, 15) is 4.79 Å². The number of rotatable bonds is 5. The molecule has 142 valence electrons. The Labute approximate surface area is 167 Å². The van der Waals surface area contributed by atoms with Crippen LogP contribution in [0.15, 0.2) is 52.3 Å². The van der Waals surface area contributed by atoms with Crippen molar-refractivity contribution in [2.75, 3.05) is 11.9 Å². The van der Waals surface area contributed by atoms with Crippen LogP contribution in [0.5, 0.6) is 5.75 Å². The second kappa shape index (κ2) is 7.48. The number of nitrogens with one attached hydrogen (secondary N) is 1. The van der Waals surface area contributed by atoms with Crippen molar-refractivity contribution in [3.63, 3.8) is 0 Å². The predicted molar refractivity (Wildman–Crippen MR) is 112 cm³/mol. The van der Waals surface area contributed by atoms with Crippen LogP contribution < -0.4 is 10.1 Å². The van der Waals surface area contributed by atoms with E-state index in [-0.39, 0.29) is 5.91 Å². The summed E-state index contributed by atoms with van der Waals surface area (Å²) < 4.78 is 11.4. The molecule has 4 rings (SSSR count). The monoisotopic (exact) mass is 392 g/mol. The summed E-state index contributed by atoms with van der Waals surface area (Å²) in [5, 5.41) is 6.22. The molecular weight excluding hydrogens is 372 g/mol. The van der Waals surface area contributed by atoms with Gasteiger partial charge in [0.25, 0.3) is 5.91 Å². The van der Waals surface area contributed by atoms with Crippen molar-refractivity contribution in [2.45, 2.75) is 20.8 Å². The third kappa shape index (κ3) is 3.64. The van der Waals surface area contributed by atoms with Gasteiger partial charge in [0.2, 0.25) is 0 Å². The number of furan rings is 1. The number of ether oxygens (including phenoxy) is 1. The van der Waals surface area contributed by atoms with Gasteiger partial charge in [-0.1, -0.05) is 6.07 Å². The van der Waals surface area contributed by atoms with E-state index in [2.05, 4.69) is 10.3 Å². The first kappa shape index (κ1) is 18.3. The van der Waals surface area contributed by atoms with Crippen LogP contribution in [0.3, 0.4) is 0 Å². The minimum Gasteiger partial charge on any atom is -0.494 e. The van der Waals surface area contributed by atoms with E-state index in [4.69, 9.17) is 9.15 Å². The van der Waals surface area contributed by atoms with Crippen LogP contribution in [0, 0.1) is 13.8 Å². The van der Waals surface area contributed by atoms with Crippen molar-refractivity contribution < 1.29 is 13.9 Å². The van der Waals surface area contributed by atoms with E-state index in [0.29, 0.717) is 28.8 Å². The quantitative estimate of drug-likeness (QED) is 0.464. The maximum absolute atomic E-state index is 12.5. The van der Waals surface area contributed by atoms with Crippen LogP contribution in [0.1, 0.15) is 28.4 Å². The van der Waals surface area contributed by atoms with Crippen molar-refractivity contribution in [3.8, 4) is 17.2 Å². The molecule has 0 aliphatic rings. The lowest BCUT2D eigenvalue weighted by Crippen LogP contribution is -2.12. The molecule has 0 aliphatic heterocycles. The minimum atomic E-state index is -0.171. The van der Waals surface area contributed by atoms with E-state index < -0.39 is 0 Å². The summed E-state index contributed by atoms with van der Waals surface area (Å²) in [7, 11) is 0. The summed E-state index contributed by atoms with van der Waals surface area (Å²) in [6.07, 6.45) is 0. The zero-order chi connectivity index (χ0) is 19.7. The summed E-state index contributed by atoms with van der Waals surface area (Å²) in [5.41, 5.74) is 4.32. The lowest BCUT2D eigenvalue weighted by atomic mass is 10.1. The Kier molecular flexibility index (Phi) is 4.88. The van der Waals surface area contributed by atoms with Crippen LogP contribution in [-0.4, -0.2) is 17.5 Å². The van der Waals surface area contributed by atoms with Gasteiger partial charge in [0, 0.05) is 16.3 Å². The lowest BCUT2D eigenvalue weighted by molar-refractivity contribution is 0.102. The van der Waals surface area contributed by atoms with E-state index in [1.54, 1.807) is 0 Å². The van der Waals surface area contributed by atoms with Crippen LogP contribution in [-0.2, 0) is 0 Å². The van der Waals surface area contributed by atoms with Gasteiger partial charge < -0.3 is 9.15 Å². The molecule has 0 fully saturated rings. The number of carbonyl (C=O) groups is 1. The molecule has 0 saturated heterocycles. The summed E-state index contributed by atoms with van der Waals surface area (Å²) in [4.78, 5) is 17.0. The molecule has 1 amide bonds. The van der Waals surface area contributed by atoms with Crippen molar-refractivity contribution in [1.82, 2.24) is 4.98 Å².